The van der Waals surface area contributed by atoms with Crippen LogP contribution in [0, 0.1) is 5.41 Å². The zero-order chi connectivity index (χ0) is 14.0. The molecule has 0 aromatic heterocycles. The summed E-state index contributed by atoms with van der Waals surface area (Å²) < 4.78 is 37.3. The molecule has 0 radical (unpaired) electrons. The molecule has 102 valence electrons. The van der Waals surface area contributed by atoms with Crippen LogP contribution in [0.1, 0.15) is 38.3 Å². The smallest absolute Gasteiger partial charge is 0.166 e. The molecule has 0 heterocycles. The average molecular weight is 323 g/mol. The second-order valence-corrected chi connectivity index (χ2v) is 7.08. The molecule has 0 fully saturated rings. The van der Waals surface area contributed by atoms with Crippen LogP contribution in [0.25, 0.3) is 0 Å². The summed E-state index contributed by atoms with van der Waals surface area (Å²) in [6.07, 6.45) is -2.49. The zero-order valence-electron chi connectivity index (χ0n) is 10.8. The van der Waals surface area contributed by atoms with E-state index in [1.54, 1.807) is 12.1 Å². The van der Waals surface area contributed by atoms with E-state index in [4.69, 9.17) is 0 Å². The molecule has 0 nitrogen and oxygen atoms in total. The van der Waals surface area contributed by atoms with Crippen molar-refractivity contribution in [2.45, 2.75) is 44.6 Å². The predicted molar refractivity (Wildman–Crippen MR) is 71.9 cm³/mol. The maximum atomic E-state index is 12.4. The van der Waals surface area contributed by atoms with Crippen molar-refractivity contribution >= 4 is 15.9 Å². The van der Waals surface area contributed by atoms with E-state index in [0.717, 1.165) is 30.5 Å². The molecule has 0 aliphatic heterocycles. The molecular weight excluding hydrogens is 305 g/mol. The topological polar surface area (TPSA) is 0 Å². The zero-order valence-corrected chi connectivity index (χ0v) is 12.4. The van der Waals surface area contributed by atoms with Gasteiger partial charge in [0.25, 0.3) is 0 Å². The minimum atomic E-state index is -4.25. The quantitative estimate of drug-likeness (QED) is 0.647. The van der Waals surface area contributed by atoms with Gasteiger partial charge in [0, 0.05) is 4.83 Å². The Balaban J connectivity index is 2.75. The van der Waals surface area contributed by atoms with Gasteiger partial charge in [-0.3, -0.25) is 0 Å². The first-order valence-corrected chi connectivity index (χ1v) is 6.82. The summed E-state index contributed by atoms with van der Waals surface area (Å²) in [5.74, 6) is 0. The first kappa shape index (κ1) is 15.5. The molecule has 0 bridgehead atoms. The number of benzene rings is 1. The SMILES string of the molecule is CC(Br)CC(C)(C)Cc1ccc(C(F)(F)F)cc1. The van der Waals surface area contributed by atoms with E-state index in [1.807, 2.05) is 0 Å². The van der Waals surface area contributed by atoms with Crippen LogP contribution in [0.2, 0.25) is 0 Å². The van der Waals surface area contributed by atoms with Gasteiger partial charge in [-0.1, -0.05) is 48.8 Å². The summed E-state index contributed by atoms with van der Waals surface area (Å²) in [5, 5.41) is 0. The lowest BCUT2D eigenvalue weighted by Crippen LogP contribution is -2.18. The second kappa shape index (κ2) is 5.64. The number of halogens is 4. The summed E-state index contributed by atoms with van der Waals surface area (Å²) in [6, 6.07) is 5.46. The van der Waals surface area contributed by atoms with Gasteiger partial charge >= 0.3 is 6.18 Å². The molecule has 0 saturated heterocycles. The standard InChI is InChI=1S/C14H18BrF3/c1-10(15)8-13(2,3)9-11-4-6-12(7-5-11)14(16,17)18/h4-7,10H,8-9H2,1-3H3. The van der Waals surface area contributed by atoms with Gasteiger partial charge in [-0.25, -0.2) is 0 Å². The predicted octanol–water partition coefficient (Wildman–Crippen LogP) is 5.45. The summed E-state index contributed by atoms with van der Waals surface area (Å²) >= 11 is 3.51. The van der Waals surface area contributed by atoms with E-state index >= 15 is 0 Å². The molecule has 1 unspecified atom stereocenters. The van der Waals surface area contributed by atoms with Crippen molar-refractivity contribution in [3.8, 4) is 0 Å². The monoisotopic (exact) mass is 322 g/mol. The Bertz CT molecular complexity index is 377. The van der Waals surface area contributed by atoms with Crippen LogP contribution in [-0.2, 0) is 12.6 Å². The van der Waals surface area contributed by atoms with Gasteiger partial charge in [0.15, 0.2) is 0 Å². The Labute approximate surface area is 115 Å². The Morgan fingerprint density at radius 2 is 1.61 bits per heavy atom. The Kier molecular flexibility index (Phi) is 4.87. The van der Waals surface area contributed by atoms with Gasteiger partial charge in [0.2, 0.25) is 0 Å². The fourth-order valence-corrected chi connectivity index (χ4v) is 3.07. The van der Waals surface area contributed by atoms with Crippen LogP contribution >= 0.6 is 15.9 Å². The Morgan fingerprint density at radius 3 is 2.00 bits per heavy atom. The lowest BCUT2D eigenvalue weighted by molar-refractivity contribution is -0.137. The van der Waals surface area contributed by atoms with Crippen molar-refractivity contribution in [3.05, 3.63) is 35.4 Å². The third kappa shape index (κ3) is 5.01. The summed E-state index contributed by atoms with van der Waals surface area (Å²) in [6.45, 7) is 6.33. The van der Waals surface area contributed by atoms with E-state index < -0.39 is 11.7 Å². The number of alkyl halides is 4. The summed E-state index contributed by atoms with van der Waals surface area (Å²) in [4.78, 5) is 0.405. The first-order chi connectivity index (χ1) is 8.10. The van der Waals surface area contributed by atoms with Crippen molar-refractivity contribution < 1.29 is 13.2 Å². The van der Waals surface area contributed by atoms with Crippen LogP contribution < -0.4 is 0 Å². The van der Waals surface area contributed by atoms with Crippen LogP contribution in [0.5, 0.6) is 0 Å². The van der Waals surface area contributed by atoms with Crippen molar-refractivity contribution in [1.82, 2.24) is 0 Å². The largest absolute Gasteiger partial charge is 0.416 e. The molecule has 0 aliphatic carbocycles. The summed E-state index contributed by atoms with van der Waals surface area (Å²) in [7, 11) is 0. The van der Waals surface area contributed by atoms with Gasteiger partial charge < -0.3 is 0 Å². The molecule has 1 aromatic carbocycles. The van der Waals surface area contributed by atoms with Gasteiger partial charge in [-0.05, 0) is 36.0 Å². The molecule has 0 N–H and O–H groups in total. The average Bonchev–Trinajstić information content (AvgIpc) is 2.13. The maximum Gasteiger partial charge on any atom is 0.416 e. The van der Waals surface area contributed by atoms with Crippen LogP contribution in [0.15, 0.2) is 24.3 Å². The lowest BCUT2D eigenvalue weighted by Gasteiger charge is -2.26. The molecule has 1 rings (SSSR count). The fraction of sp³-hybridized carbons (Fsp3) is 0.571. The van der Waals surface area contributed by atoms with Crippen molar-refractivity contribution in [2.24, 2.45) is 5.41 Å². The molecule has 0 aliphatic rings. The Hall–Kier alpha value is -0.510. The highest BCUT2D eigenvalue weighted by molar-refractivity contribution is 9.09. The molecule has 0 spiro atoms. The summed E-state index contributed by atoms with van der Waals surface area (Å²) in [5.41, 5.74) is 0.432. The van der Waals surface area contributed by atoms with Crippen molar-refractivity contribution in [3.63, 3.8) is 0 Å². The highest BCUT2D eigenvalue weighted by atomic mass is 79.9. The highest BCUT2D eigenvalue weighted by Crippen LogP contribution is 2.32. The fourth-order valence-electron chi connectivity index (χ4n) is 2.20. The molecule has 1 atom stereocenters. The Morgan fingerprint density at radius 1 is 1.11 bits per heavy atom. The van der Waals surface area contributed by atoms with E-state index in [9.17, 15) is 13.2 Å². The van der Waals surface area contributed by atoms with Crippen LogP contribution in [-0.4, -0.2) is 4.83 Å². The van der Waals surface area contributed by atoms with E-state index in [2.05, 4.69) is 36.7 Å². The highest BCUT2D eigenvalue weighted by Gasteiger charge is 2.30. The van der Waals surface area contributed by atoms with E-state index in [1.165, 1.54) is 0 Å². The third-order valence-corrected chi connectivity index (χ3v) is 3.12. The van der Waals surface area contributed by atoms with E-state index in [0.29, 0.717) is 4.83 Å². The minimum Gasteiger partial charge on any atom is -0.166 e. The first-order valence-electron chi connectivity index (χ1n) is 5.90. The molecule has 18 heavy (non-hydrogen) atoms. The van der Waals surface area contributed by atoms with Crippen molar-refractivity contribution in [1.29, 1.82) is 0 Å². The third-order valence-electron chi connectivity index (χ3n) is 2.80. The lowest BCUT2D eigenvalue weighted by atomic mass is 9.82. The molecule has 1 aromatic rings. The van der Waals surface area contributed by atoms with E-state index in [-0.39, 0.29) is 5.41 Å². The van der Waals surface area contributed by atoms with Gasteiger partial charge in [-0.2, -0.15) is 13.2 Å². The minimum absolute atomic E-state index is 0.0721. The normalized spacial score (nSPS) is 14.6. The van der Waals surface area contributed by atoms with Crippen LogP contribution in [0.3, 0.4) is 0 Å². The number of rotatable bonds is 4. The van der Waals surface area contributed by atoms with Crippen molar-refractivity contribution in [2.75, 3.05) is 0 Å². The van der Waals surface area contributed by atoms with Gasteiger partial charge in [0.1, 0.15) is 0 Å². The molecule has 4 heteroatoms. The molecule has 0 saturated carbocycles. The molecular formula is C14H18BrF3. The number of hydrogen-bond donors (Lipinski definition) is 0. The number of hydrogen-bond acceptors (Lipinski definition) is 0. The second-order valence-electron chi connectivity index (χ2n) is 5.52. The van der Waals surface area contributed by atoms with Crippen LogP contribution in [0.4, 0.5) is 13.2 Å². The maximum absolute atomic E-state index is 12.4. The van der Waals surface area contributed by atoms with Gasteiger partial charge in [0.05, 0.1) is 5.56 Å². The van der Waals surface area contributed by atoms with Gasteiger partial charge in [-0.15, -0.1) is 0 Å². The molecule has 0 amide bonds.